The summed E-state index contributed by atoms with van der Waals surface area (Å²) in [7, 11) is 0. The Balaban J connectivity index is 0.000000105. The van der Waals surface area contributed by atoms with Gasteiger partial charge in [0.1, 0.15) is 67.0 Å². The maximum atomic E-state index is 6.87. The van der Waals surface area contributed by atoms with Gasteiger partial charge in [-0.15, -0.1) is 0 Å². The van der Waals surface area contributed by atoms with Crippen molar-refractivity contribution in [2.75, 3.05) is 0 Å². The molecule has 672 valence electrons. The van der Waals surface area contributed by atoms with Crippen LogP contribution in [0, 0.1) is 0 Å². The van der Waals surface area contributed by atoms with E-state index in [4.69, 9.17) is 71.4 Å². The fourth-order valence-electron chi connectivity index (χ4n) is 20.5. The second-order valence-corrected chi connectivity index (χ2v) is 36.0. The maximum absolute atomic E-state index is 6.87. The van der Waals surface area contributed by atoms with E-state index in [1.165, 1.54) is 0 Å². The van der Waals surface area contributed by atoms with Crippen LogP contribution in [0.1, 0.15) is 0 Å². The Bertz CT molecular complexity index is 10200. The minimum absolute atomic E-state index is 0.585. The smallest absolute Gasteiger partial charge is 0.164 e. The zero-order chi connectivity index (χ0) is 94.8. The largest absolute Gasteiger partial charge is 0.456 e. The molecular formula is C129H75N9O6. The van der Waals surface area contributed by atoms with Gasteiger partial charge in [0.25, 0.3) is 0 Å². The molecule has 0 unspecified atom stereocenters. The van der Waals surface area contributed by atoms with Crippen molar-refractivity contribution in [2.45, 2.75) is 0 Å². The minimum Gasteiger partial charge on any atom is -0.456 e. The molecule has 0 atom stereocenters. The van der Waals surface area contributed by atoms with Crippen molar-refractivity contribution in [2.24, 2.45) is 0 Å². The predicted octanol–water partition coefficient (Wildman–Crippen LogP) is 34.5. The molecule has 0 fully saturated rings. The van der Waals surface area contributed by atoms with E-state index in [9.17, 15) is 0 Å². The number of hydrogen-bond donors (Lipinski definition) is 0. The van der Waals surface area contributed by atoms with E-state index in [0.29, 0.717) is 52.4 Å². The molecule has 0 bridgehead atoms. The fourth-order valence-corrected chi connectivity index (χ4v) is 20.5. The SMILES string of the molecule is c1ccc(-c2nc(-c3ccccc3)nc(-c3ccc(-c4ccc5c(c4)oc4ccccc45)c4oc5cc6ccccc6cc5c34)n2)cc1.c1ccc(-c2nc(-c3ccccc3)nc(-c3ccc(-c4ccc5oc6ccccc6c5c4)c4oc5cc6ccccc6cc5c34)n2)cc1.c1ccc(-c2nc(-c3ccccc3)nc(-c3ccc(-c4cccc5oc6ccccc6c45)c4oc5cc6ccccc6cc5c34)n2)cc1. The van der Waals surface area contributed by atoms with Gasteiger partial charge in [-0.3, -0.25) is 0 Å². The van der Waals surface area contributed by atoms with Gasteiger partial charge in [0.2, 0.25) is 0 Å². The Morgan fingerprint density at radius 1 is 0.118 bits per heavy atom. The van der Waals surface area contributed by atoms with Crippen LogP contribution >= 0.6 is 0 Å². The summed E-state index contributed by atoms with van der Waals surface area (Å²) in [5.74, 6) is 5.46. The zero-order valence-electron chi connectivity index (χ0n) is 76.8. The van der Waals surface area contributed by atoms with Crippen LogP contribution < -0.4 is 0 Å². The third-order valence-corrected chi connectivity index (χ3v) is 27.4. The molecule has 9 heterocycles. The third-order valence-electron chi connectivity index (χ3n) is 27.4. The van der Waals surface area contributed by atoms with E-state index in [1.54, 1.807) is 0 Å². The maximum Gasteiger partial charge on any atom is 0.164 e. The van der Waals surface area contributed by atoms with Gasteiger partial charge in [0, 0.05) is 131 Å². The molecule has 0 spiro atoms. The number of aromatic nitrogens is 9. The summed E-state index contributed by atoms with van der Waals surface area (Å²) in [6.07, 6.45) is 0. The van der Waals surface area contributed by atoms with Gasteiger partial charge in [-0.05, 0) is 170 Å². The molecule has 144 heavy (non-hydrogen) atoms. The highest BCUT2D eigenvalue weighted by Gasteiger charge is 2.29. The van der Waals surface area contributed by atoms with Crippen LogP contribution in [0.15, 0.2) is 481 Å². The normalized spacial score (nSPS) is 11.8. The van der Waals surface area contributed by atoms with Gasteiger partial charge >= 0.3 is 0 Å². The lowest BCUT2D eigenvalue weighted by Gasteiger charge is -2.11. The lowest BCUT2D eigenvalue weighted by atomic mass is 9.94. The molecule has 0 saturated carbocycles. The monoisotopic (exact) mass is 1850 g/mol. The summed E-state index contributed by atoms with van der Waals surface area (Å²) >= 11 is 0. The lowest BCUT2D eigenvalue weighted by molar-refractivity contribution is 0.668. The molecule has 9 aromatic heterocycles. The quantitative estimate of drug-likeness (QED) is 0.112. The zero-order valence-corrected chi connectivity index (χ0v) is 76.8. The molecular weight excluding hydrogens is 1770 g/mol. The summed E-state index contributed by atoms with van der Waals surface area (Å²) in [5, 5.41) is 19.2. The Kier molecular flexibility index (Phi) is 19.6. The highest BCUT2D eigenvalue weighted by molar-refractivity contribution is 6.24. The van der Waals surface area contributed by atoms with E-state index in [1.807, 2.05) is 249 Å². The Morgan fingerprint density at radius 2 is 0.382 bits per heavy atom. The van der Waals surface area contributed by atoms with E-state index in [-0.39, 0.29) is 0 Å². The molecule has 0 radical (unpaired) electrons. The van der Waals surface area contributed by atoms with Crippen LogP contribution in [0.3, 0.4) is 0 Å². The fraction of sp³-hybridized carbons (Fsp3) is 0. The summed E-state index contributed by atoms with van der Waals surface area (Å²) < 4.78 is 39.2. The second kappa shape index (κ2) is 34.1. The van der Waals surface area contributed by atoms with Gasteiger partial charge in [0.05, 0.1) is 0 Å². The Morgan fingerprint density at radius 3 is 0.778 bits per heavy atom. The molecule has 0 amide bonds. The van der Waals surface area contributed by atoms with Crippen LogP contribution in [0.4, 0.5) is 0 Å². The van der Waals surface area contributed by atoms with Gasteiger partial charge in [0.15, 0.2) is 52.4 Å². The highest BCUT2D eigenvalue weighted by atomic mass is 16.3. The van der Waals surface area contributed by atoms with E-state index in [2.05, 4.69) is 206 Å². The lowest BCUT2D eigenvalue weighted by Crippen LogP contribution is -2.00. The van der Waals surface area contributed by atoms with Crippen molar-refractivity contribution in [3.8, 4) is 136 Å². The molecule has 15 nitrogen and oxygen atoms in total. The Labute approximate surface area is 820 Å². The molecule has 0 aliphatic rings. The van der Waals surface area contributed by atoms with E-state index >= 15 is 0 Å². The van der Waals surface area contributed by atoms with Crippen molar-refractivity contribution < 1.29 is 26.5 Å². The van der Waals surface area contributed by atoms with Crippen LogP contribution in [0.2, 0.25) is 0 Å². The molecule has 21 aromatic carbocycles. The van der Waals surface area contributed by atoms with Gasteiger partial charge in [-0.25, -0.2) is 44.9 Å². The van der Waals surface area contributed by atoms with E-state index < -0.39 is 0 Å². The van der Waals surface area contributed by atoms with E-state index in [0.717, 1.165) is 247 Å². The van der Waals surface area contributed by atoms with Crippen LogP contribution in [-0.4, -0.2) is 44.9 Å². The van der Waals surface area contributed by atoms with Crippen LogP contribution in [-0.2, 0) is 0 Å². The number of para-hydroxylation sites is 3. The second-order valence-electron chi connectivity index (χ2n) is 36.0. The number of hydrogen-bond acceptors (Lipinski definition) is 15. The first-order chi connectivity index (χ1) is 71.3. The standard InChI is InChI=1S/3C43H25N3O2/c1-3-12-26(13-4-1)41-44-42(27-14-5-2-6-15-27)46-43(45-41)33-23-22-31(30-19-11-21-36-38(30)32-18-9-10-20-35(32)47-36)40-39(33)34-24-28-16-7-8-17-29(28)25-37(34)48-40;1-3-11-26(12-4-1)41-44-42(27-13-5-2-6-14-27)46-43(45-41)33-21-20-31(30-19-22-37-34(24-30)32-17-9-10-18-36(32)47-37)40-39(33)35-23-28-15-7-8-16-29(28)25-38(35)48-40;1-3-11-26(12-4-1)41-44-42(27-13-5-2-6-14-27)46-43(45-41)34-22-21-31(30-19-20-33-32-17-9-10-18-36(32)47-37(33)25-30)40-39(34)35-23-28-15-7-8-16-29(28)24-38(35)48-40/h3*1-25H. The number of furan rings is 6. The number of rotatable bonds is 12. The topological polar surface area (TPSA) is 195 Å². The summed E-state index contributed by atoms with van der Waals surface area (Å²) in [6, 6.07) is 155. The van der Waals surface area contributed by atoms with Crippen molar-refractivity contribution in [1.29, 1.82) is 0 Å². The molecule has 15 heteroatoms. The predicted molar refractivity (Wildman–Crippen MR) is 581 cm³/mol. The molecule has 0 saturated heterocycles. The molecule has 30 rings (SSSR count). The van der Waals surface area contributed by atoms with Gasteiger partial charge in [-0.2, -0.15) is 0 Å². The van der Waals surface area contributed by atoms with Crippen molar-refractivity contribution in [1.82, 2.24) is 44.9 Å². The Hall–Kier alpha value is -19.8. The van der Waals surface area contributed by atoms with Gasteiger partial charge in [-0.1, -0.05) is 334 Å². The van der Waals surface area contributed by atoms with Crippen LogP contribution in [0.5, 0.6) is 0 Å². The third kappa shape index (κ3) is 14.4. The average Bonchev–Trinajstić information content (AvgIpc) is 1.70. The molecule has 0 aliphatic carbocycles. The molecule has 0 N–H and O–H groups in total. The highest BCUT2D eigenvalue weighted by Crippen LogP contribution is 2.50. The molecule has 30 aromatic rings. The summed E-state index contributed by atoms with van der Waals surface area (Å²) in [5.41, 5.74) is 24.1. The summed E-state index contributed by atoms with van der Waals surface area (Å²) in [6.45, 7) is 0. The first-order valence-electron chi connectivity index (χ1n) is 47.8. The van der Waals surface area contributed by atoms with Gasteiger partial charge < -0.3 is 26.5 Å². The number of fused-ring (bicyclic) bond motifs is 21. The minimum atomic E-state index is 0.585. The van der Waals surface area contributed by atoms with Crippen molar-refractivity contribution >= 4 is 164 Å². The summed E-state index contributed by atoms with van der Waals surface area (Å²) in [4.78, 5) is 45.4. The first-order valence-corrected chi connectivity index (χ1v) is 47.8. The molecule has 0 aliphatic heterocycles. The number of nitrogens with zero attached hydrogens (tertiary/aromatic N) is 9. The van der Waals surface area contributed by atoms with Crippen molar-refractivity contribution in [3.63, 3.8) is 0 Å². The average molecular weight is 1850 g/mol. The van der Waals surface area contributed by atoms with Crippen molar-refractivity contribution in [3.05, 3.63) is 455 Å². The first kappa shape index (κ1) is 82.5. The van der Waals surface area contributed by atoms with Crippen LogP contribution in [0.25, 0.3) is 300 Å². The number of benzene rings is 21.